The lowest BCUT2D eigenvalue weighted by Gasteiger charge is -2.00. The minimum Gasteiger partial charge on any atom is -0.479 e. The van der Waals surface area contributed by atoms with Crippen LogP contribution in [0.2, 0.25) is 0 Å². The van der Waals surface area contributed by atoms with E-state index < -0.39 is 0 Å². The third kappa shape index (κ3) is 3.15. The Morgan fingerprint density at radius 1 is 1.14 bits per heavy atom. The Morgan fingerprint density at radius 2 is 1.95 bits per heavy atom. The first-order chi connectivity index (χ1) is 10.8. The summed E-state index contributed by atoms with van der Waals surface area (Å²) >= 11 is 1.55. The molecule has 1 aromatic carbocycles. The number of ether oxygens (including phenoxy) is 1. The summed E-state index contributed by atoms with van der Waals surface area (Å²) in [7, 11) is 1.54. The smallest absolute Gasteiger partial charge is 0.274 e. The van der Waals surface area contributed by atoms with Crippen LogP contribution in [-0.2, 0) is 0 Å². The zero-order valence-electron chi connectivity index (χ0n) is 11.9. The number of hydrogen-bond acceptors (Lipinski definition) is 4. The van der Waals surface area contributed by atoms with Crippen molar-refractivity contribution in [3.63, 3.8) is 0 Å². The van der Waals surface area contributed by atoms with Gasteiger partial charge in [-0.2, -0.15) is 0 Å². The Bertz CT molecular complexity index is 929. The van der Waals surface area contributed by atoms with Crippen molar-refractivity contribution in [3.05, 3.63) is 79.3 Å². The summed E-state index contributed by atoms with van der Waals surface area (Å²) in [4.78, 5) is 20.3. The Kier molecular flexibility index (Phi) is 4.16. The SMILES string of the molecule is COc1n/c(=C\c2cccs2)c(=O)[nH]/c1=C\c1ccccc1. The topological polar surface area (TPSA) is 55.0 Å². The van der Waals surface area contributed by atoms with Gasteiger partial charge in [0.15, 0.2) is 0 Å². The Balaban J connectivity index is 2.17. The van der Waals surface area contributed by atoms with Gasteiger partial charge in [-0.05, 0) is 29.2 Å². The van der Waals surface area contributed by atoms with Crippen molar-refractivity contribution in [3.8, 4) is 5.88 Å². The zero-order valence-corrected chi connectivity index (χ0v) is 12.8. The van der Waals surface area contributed by atoms with Crippen LogP contribution in [0.4, 0.5) is 0 Å². The first-order valence-corrected chi connectivity index (χ1v) is 7.60. The van der Waals surface area contributed by atoms with Crippen LogP contribution in [0.5, 0.6) is 5.88 Å². The number of aromatic amines is 1. The Labute approximate surface area is 131 Å². The number of hydrogen-bond donors (Lipinski definition) is 1. The van der Waals surface area contributed by atoms with Gasteiger partial charge in [0.1, 0.15) is 10.7 Å². The van der Waals surface area contributed by atoms with Crippen molar-refractivity contribution in [2.24, 2.45) is 0 Å². The number of H-pyrrole nitrogens is 1. The van der Waals surface area contributed by atoms with E-state index in [-0.39, 0.29) is 5.56 Å². The second-order valence-electron chi connectivity index (χ2n) is 4.59. The van der Waals surface area contributed by atoms with Crippen molar-refractivity contribution in [1.82, 2.24) is 9.97 Å². The molecule has 0 saturated heterocycles. The molecule has 3 aromatic rings. The van der Waals surface area contributed by atoms with Gasteiger partial charge in [0.05, 0.1) is 7.11 Å². The summed E-state index contributed by atoms with van der Waals surface area (Å²) in [6, 6.07) is 13.6. The normalized spacial score (nSPS) is 12.6. The molecule has 0 fully saturated rings. The number of aromatic nitrogens is 2. The summed E-state index contributed by atoms with van der Waals surface area (Å²) in [5, 5.41) is 2.85. The quantitative estimate of drug-likeness (QED) is 0.797. The van der Waals surface area contributed by atoms with E-state index in [1.165, 1.54) is 7.11 Å². The molecule has 0 spiro atoms. The van der Waals surface area contributed by atoms with E-state index >= 15 is 0 Å². The first kappa shape index (κ1) is 14.3. The van der Waals surface area contributed by atoms with E-state index in [0.29, 0.717) is 16.6 Å². The fourth-order valence-electron chi connectivity index (χ4n) is 2.04. The average Bonchev–Trinajstić information content (AvgIpc) is 3.04. The van der Waals surface area contributed by atoms with Crippen LogP contribution >= 0.6 is 11.3 Å². The van der Waals surface area contributed by atoms with E-state index in [0.717, 1.165) is 10.4 Å². The van der Waals surface area contributed by atoms with Gasteiger partial charge in [-0.15, -0.1) is 11.3 Å². The molecule has 110 valence electrons. The van der Waals surface area contributed by atoms with Gasteiger partial charge < -0.3 is 9.72 Å². The third-order valence-corrected chi connectivity index (χ3v) is 3.88. The molecule has 0 aliphatic heterocycles. The monoisotopic (exact) mass is 310 g/mol. The van der Waals surface area contributed by atoms with Gasteiger partial charge in [0, 0.05) is 4.88 Å². The molecule has 0 aliphatic carbocycles. The number of methoxy groups -OCH3 is 1. The predicted octanol–water partition coefficient (Wildman–Crippen LogP) is 1.50. The van der Waals surface area contributed by atoms with Crippen molar-refractivity contribution in [2.75, 3.05) is 7.11 Å². The molecule has 0 amide bonds. The standard InChI is InChI=1S/C17H14N2O2S/c1-21-17-15(10-12-6-3-2-4-7-12)18-16(20)14(19-17)11-13-8-5-9-22-13/h2-11H,1H3,(H,18,20)/b14-11-,15-10-. The van der Waals surface area contributed by atoms with Crippen LogP contribution in [0.15, 0.2) is 52.6 Å². The lowest BCUT2D eigenvalue weighted by Crippen LogP contribution is -2.37. The molecule has 22 heavy (non-hydrogen) atoms. The Morgan fingerprint density at radius 3 is 2.64 bits per heavy atom. The number of nitrogens with one attached hydrogen (secondary N) is 1. The van der Waals surface area contributed by atoms with Crippen molar-refractivity contribution < 1.29 is 4.74 Å². The highest BCUT2D eigenvalue weighted by Crippen LogP contribution is 2.08. The van der Waals surface area contributed by atoms with Crippen LogP contribution < -0.4 is 21.0 Å². The van der Waals surface area contributed by atoms with Crippen LogP contribution in [0, 0.1) is 0 Å². The molecule has 0 bridgehead atoms. The van der Waals surface area contributed by atoms with Gasteiger partial charge in [-0.1, -0.05) is 36.4 Å². The minimum absolute atomic E-state index is 0.239. The van der Waals surface area contributed by atoms with Gasteiger partial charge in [0.2, 0.25) is 5.88 Å². The number of rotatable bonds is 3. The van der Waals surface area contributed by atoms with Gasteiger partial charge in [-0.3, -0.25) is 4.79 Å². The molecule has 0 atom stereocenters. The zero-order chi connectivity index (χ0) is 15.4. The third-order valence-electron chi connectivity index (χ3n) is 3.06. The Hall–Kier alpha value is -2.66. The van der Waals surface area contributed by atoms with Crippen LogP contribution in [0.25, 0.3) is 12.2 Å². The highest BCUT2D eigenvalue weighted by Gasteiger charge is 2.02. The molecule has 1 N–H and O–H groups in total. The molecular weight excluding hydrogens is 296 g/mol. The maximum Gasteiger partial charge on any atom is 0.274 e. The molecule has 0 unspecified atom stereocenters. The molecule has 3 rings (SSSR count). The van der Waals surface area contributed by atoms with Gasteiger partial charge in [0.25, 0.3) is 5.56 Å². The molecule has 2 aromatic heterocycles. The number of benzene rings is 1. The molecular formula is C17H14N2O2S. The summed E-state index contributed by atoms with van der Waals surface area (Å²) in [6.07, 6.45) is 3.58. The maximum absolute atomic E-state index is 12.2. The average molecular weight is 310 g/mol. The fourth-order valence-corrected chi connectivity index (χ4v) is 2.69. The van der Waals surface area contributed by atoms with E-state index in [1.807, 2.05) is 53.9 Å². The molecule has 0 radical (unpaired) electrons. The second-order valence-corrected chi connectivity index (χ2v) is 5.57. The number of nitrogens with zero attached hydrogens (tertiary/aromatic N) is 1. The van der Waals surface area contributed by atoms with Gasteiger partial charge in [-0.25, -0.2) is 4.98 Å². The molecule has 2 heterocycles. The predicted molar refractivity (Wildman–Crippen MR) is 88.6 cm³/mol. The lowest BCUT2D eigenvalue weighted by atomic mass is 10.2. The molecule has 0 aliphatic rings. The summed E-state index contributed by atoms with van der Waals surface area (Å²) < 4.78 is 5.30. The van der Waals surface area contributed by atoms with Crippen molar-refractivity contribution in [1.29, 1.82) is 0 Å². The van der Waals surface area contributed by atoms with Crippen LogP contribution in [-0.4, -0.2) is 17.1 Å². The highest BCUT2D eigenvalue weighted by atomic mass is 32.1. The fraction of sp³-hybridized carbons (Fsp3) is 0.0588. The second kappa shape index (κ2) is 6.41. The number of thiophene rings is 1. The van der Waals surface area contributed by atoms with Gasteiger partial charge >= 0.3 is 0 Å². The summed E-state index contributed by atoms with van der Waals surface area (Å²) in [5.74, 6) is 0.395. The van der Waals surface area contributed by atoms with Crippen LogP contribution in [0.1, 0.15) is 10.4 Å². The maximum atomic E-state index is 12.2. The van der Waals surface area contributed by atoms with Crippen molar-refractivity contribution >= 4 is 23.5 Å². The molecule has 5 heteroatoms. The first-order valence-electron chi connectivity index (χ1n) is 6.72. The van der Waals surface area contributed by atoms with E-state index in [4.69, 9.17) is 4.74 Å². The summed E-state index contributed by atoms with van der Waals surface area (Å²) in [5.41, 5.74) is 0.726. The minimum atomic E-state index is -0.239. The molecule has 0 saturated carbocycles. The van der Waals surface area contributed by atoms with Crippen molar-refractivity contribution in [2.45, 2.75) is 0 Å². The van der Waals surface area contributed by atoms with E-state index in [1.54, 1.807) is 17.4 Å². The molecule has 4 nitrogen and oxygen atoms in total. The largest absolute Gasteiger partial charge is 0.479 e. The highest BCUT2D eigenvalue weighted by molar-refractivity contribution is 7.10. The lowest BCUT2D eigenvalue weighted by molar-refractivity contribution is 0.389. The van der Waals surface area contributed by atoms with E-state index in [9.17, 15) is 4.79 Å². The summed E-state index contributed by atoms with van der Waals surface area (Å²) in [6.45, 7) is 0. The van der Waals surface area contributed by atoms with Crippen LogP contribution in [0.3, 0.4) is 0 Å². The van der Waals surface area contributed by atoms with E-state index in [2.05, 4.69) is 9.97 Å².